The normalized spacial score (nSPS) is 19.5. The number of benzene rings is 1. The second-order valence-electron chi connectivity index (χ2n) is 7.71. The molecular formula is C21H17F2N5O2. The number of pyridine rings is 1. The highest BCUT2D eigenvalue weighted by Crippen LogP contribution is 2.52. The molecular weight excluding hydrogens is 392 g/mol. The van der Waals surface area contributed by atoms with E-state index in [2.05, 4.69) is 19.9 Å². The fourth-order valence-corrected chi connectivity index (χ4v) is 3.73. The standard InChI is InChI=1S/C21H17F2N5O2/c1-20(2,23)12-3-15-18(27-8-12)30-17-5-16(22)13(11-6-25-10-26-7-11)4-14(17)21(15)9-29-19(24)28-21/h3-8,10H,9H2,1-2H3,(H2,24,28)/t21-/m0/s1. The van der Waals surface area contributed by atoms with E-state index in [0.717, 1.165) is 0 Å². The maximum absolute atomic E-state index is 14.9. The monoisotopic (exact) mass is 409 g/mol. The number of aliphatic imine (C=N–C) groups is 1. The van der Waals surface area contributed by atoms with Crippen molar-refractivity contribution in [3.05, 3.63) is 65.6 Å². The lowest BCUT2D eigenvalue weighted by Gasteiger charge is -2.33. The first kappa shape index (κ1) is 18.4. The minimum Gasteiger partial charge on any atom is -0.462 e. The highest BCUT2D eigenvalue weighted by Gasteiger charge is 2.48. The number of nitrogens with zero attached hydrogens (tertiary/aromatic N) is 4. The summed E-state index contributed by atoms with van der Waals surface area (Å²) >= 11 is 0. The van der Waals surface area contributed by atoms with Crippen LogP contribution in [-0.2, 0) is 15.9 Å². The Morgan fingerprint density at radius 3 is 2.53 bits per heavy atom. The van der Waals surface area contributed by atoms with Gasteiger partial charge in [-0.1, -0.05) is 0 Å². The number of halogens is 2. The molecule has 2 N–H and O–H groups in total. The van der Waals surface area contributed by atoms with Crippen molar-refractivity contribution in [2.75, 3.05) is 6.61 Å². The van der Waals surface area contributed by atoms with Gasteiger partial charge >= 0.3 is 0 Å². The van der Waals surface area contributed by atoms with Crippen LogP contribution >= 0.6 is 0 Å². The number of hydrogen-bond donors (Lipinski definition) is 1. The van der Waals surface area contributed by atoms with Gasteiger partial charge in [-0.2, -0.15) is 0 Å². The smallest absolute Gasteiger partial charge is 0.283 e. The SMILES string of the molecule is CC(C)(F)c1cnc2c(c1)[C@]1(COC(N)=N1)c1cc(-c3cncnc3)c(F)cc1O2. The van der Waals surface area contributed by atoms with Crippen LogP contribution in [0.15, 0.2) is 48.1 Å². The van der Waals surface area contributed by atoms with Gasteiger partial charge in [0, 0.05) is 46.9 Å². The summed E-state index contributed by atoms with van der Waals surface area (Å²) in [7, 11) is 0. The maximum Gasteiger partial charge on any atom is 0.283 e. The number of fused-ring (bicyclic) bond motifs is 4. The van der Waals surface area contributed by atoms with Crippen LogP contribution in [0.3, 0.4) is 0 Å². The fourth-order valence-electron chi connectivity index (χ4n) is 3.73. The van der Waals surface area contributed by atoms with E-state index >= 15 is 0 Å². The van der Waals surface area contributed by atoms with Crippen molar-refractivity contribution in [2.45, 2.75) is 25.1 Å². The first-order chi connectivity index (χ1) is 14.3. The third-order valence-electron chi connectivity index (χ3n) is 5.31. The summed E-state index contributed by atoms with van der Waals surface area (Å²) in [5.41, 5.74) is 5.24. The molecule has 2 aromatic heterocycles. The second-order valence-corrected chi connectivity index (χ2v) is 7.71. The van der Waals surface area contributed by atoms with Gasteiger partial charge in [0.25, 0.3) is 6.02 Å². The maximum atomic E-state index is 14.9. The molecule has 0 saturated heterocycles. The lowest BCUT2D eigenvalue weighted by Crippen LogP contribution is -2.32. The third kappa shape index (κ3) is 2.69. The lowest BCUT2D eigenvalue weighted by molar-refractivity contribution is 0.218. The van der Waals surface area contributed by atoms with Gasteiger partial charge in [-0.15, -0.1) is 0 Å². The summed E-state index contributed by atoms with van der Waals surface area (Å²) in [5, 5.41) is 0. The van der Waals surface area contributed by atoms with E-state index < -0.39 is 17.0 Å². The highest BCUT2D eigenvalue weighted by molar-refractivity contribution is 5.77. The zero-order chi connectivity index (χ0) is 21.1. The van der Waals surface area contributed by atoms with Crippen molar-refractivity contribution in [1.29, 1.82) is 0 Å². The van der Waals surface area contributed by atoms with Gasteiger partial charge in [0.15, 0.2) is 5.54 Å². The van der Waals surface area contributed by atoms with E-state index in [4.69, 9.17) is 15.2 Å². The first-order valence-corrected chi connectivity index (χ1v) is 9.23. The fraction of sp³-hybridized carbons (Fsp3) is 0.238. The quantitative estimate of drug-likeness (QED) is 0.695. The zero-order valence-corrected chi connectivity index (χ0v) is 16.2. The molecule has 0 bridgehead atoms. The van der Waals surface area contributed by atoms with Crippen LogP contribution in [0, 0.1) is 5.82 Å². The number of nitrogens with two attached hydrogens (primary N) is 1. The van der Waals surface area contributed by atoms with E-state index in [1.807, 2.05) is 0 Å². The molecule has 9 heteroatoms. The Bertz CT molecular complexity index is 1190. The highest BCUT2D eigenvalue weighted by atomic mass is 19.1. The largest absolute Gasteiger partial charge is 0.462 e. The number of rotatable bonds is 2. The Labute approximate surface area is 170 Å². The number of aromatic nitrogens is 3. The molecule has 2 aliphatic heterocycles. The van der Waals surface area contributed by atoms with Crippen molar-refractivity contribution in [3.8, 4) is 22.8 Å². The molecule has 1 atom stereocenters. The van der Waals surface area contributed by atoms with Gasteiger partial charge in [0.2, 0.25) is 5.88 Å². The number of alkyl halides is 1. The van der Waals surface area contributed by atoms with E-state index in [1.165, 1.54) is 44.8 Å². The van der Waals surface area contributed by atoms with Crippen LogP contribution < -0.4 is 10.5 Å². The van der Waals surface area contributed by atoms with Crippen LogP contribution in [0.5, 0.6) is 11.6 Å². The Morgan fingerprint density at radius 1 is 1.10 bits per heavy atom. The summed E-state index contributed by atoms with van der Waals surface area (Å²) in [5.74, 6) is -0.0744. The van der Waals surface area contributed by atoms with Gasteiger partial charge in [0.05, 0.1) is 5.56 Å². The molecule has 0 unspecified atom stereocenters. The summed E-state index contributed by atoms with van der Waals surface area (Å²) < 4.78 is 40.9. The van der Waals surface area contributed by atoms with E-state index in [9.17, 15) is 8.78 Å². The molecule has 2 aliphatic rings. The molecule has 0 aliphatic carbocycles. The van der Waals surface area contributed by atoms with Gasteiger partial charge in [0.1, 0.15) is 30.2 Å². The third-order valence-corrected chi connectivity index (χ3v) is 5.31. The van der Waals surface area contributed by atoms with Crippen molar-refractivity contribution < 1.29 is 18.3 Å². The van der Waals surface area contributed by atoms with Crippen molar-refractivity contribution >= 4 is 6.02 Å². The zero-order valence-electron chi connectivity index (χ0n) is 16.2. The van der Waals surface area contributed by atoms with Crippen LogP contribution in [0.2, 0.25) is 0 Å². The van der Waals surface area contributed by atoms with Crippen LogP contribution in [0.25, 0.3) is 11.1 Å². The molecule has 30 heavy (non-hydrogen) atoms. The van der Waals surface area contributed by atoms with Crippen LogP contribution in [-0.4, -0.2) is 27.6 Å². The Balaban J connectivity index is 1.77. The summed E-state index contributed by atoms with van der Waals surface area (Å²) in [4.78, 5) is 16.7. The number of hydrogen-bond acceptors (Lipinski definition) is 7. The van der Waals surface area contributed by atoms with Gasteiger partial charge in [-0.05, 0) is 26.0 Å². The summed E-state index contributed by atoms with van der Waals surface area (Å²) in [6, 6.07) is 4.50. The lowest BCUT2D eigenvalue weighted by atomic mass is 9.80. The number of ether oxygens (including phenoxy) is 2. The minimum atomic E-state index is -1.63. The Hall–Kier alpha value is -3.62. The Kier molecular flexibility index (Phi) is 3.80. The van der Waals surface area contributed by atoms with Gasteiger partial charge < -0.3 is 15.2 Å². The molecule has 0 saturated carbocycles. The molecule has 0 fully saturated rings. The molecule has 4 heterocycles. The van der Waals surface area contributed by atoms with E-state index in [1.54, 1.807) is 12.1 Å². The summed E-state index contributed by atoms with van der Waals surface area (Å²) in [6.07, 6.45) is 5.78. The minimum absolute atomic E-state index is 0.0207. The molecule has 1 spiro atoms. The van der Waals surface area contributed by atoms with Crippen LogP contribution in [0.4, 0.5) is 8.78 Å². The summed E-state index contributed by atoms with van der Waals surface area (Å²) in [6.45, 7) is 2.93. The van der Waals surface area contributed by atoms with Crippen molar-refractivity contribution in [3.63, 3.8) is 0 Å². The molecule has 152 valence electrons. The Morgan fingerprint density at radius 2 is 1.87 bits per heavy atom. The average molecular weight is 409 g/mol. The van der Waals surface area contributed by atoms with Gasteiger partial charge in [-0.3, -0.25) is 0 Å². The topological polar surface area (TPSA) is 95.5 Å². The van der Waals surface area contributed by atoms with E-state index in [0.29, 0.717) is 22.3 Å². The number of amidine groups is 1. The predicted molar refractivity (Wildman–Crippen MR) is 104 cm³/mol. The van der Waals surface area contributed by atoms with Crippen molar-refractivity contribution in [1.82, 2.24) is 15.0 Å². The molecule has 0 radical (unpaired) electrons. The van der Waals surface area contributed by atoms with Crippen molar-refractivity contribution in [2.24, 2.45) is 10.7 Å². The van der Waals surface area contributed by atoms with Crippen LogP contribution in [0.1, 0.15) is 30.5 Å². The van der Waals surface area contributed by atoms with Gasteiger partial charge in [-0.25, -0.2) is 28.7 Å². The molecule has 3 aromatic rings. The molecule has 5 rings (SSSR count). The van der Waals surface area contributed by atoms with E-state index in [-0.39, 0.29) is 29.8 Å². The first-order valence-electron chi connectivity index (χ1n) is 9.23. The molecule has 7 nitrogen and oxygen atoms in total. The molecule has 1 aromatic carbocycles. The second kappa shape index (κ2) is 6.19. The average Bonchev–Trinajstić information content (AvgIpc) is 3.10. The molecule has 0 amide bonds. The predicted octanol–water partition coefficient (Wildman–Crippen LogP) is 3.58.